The zero-order chi connectivity index (χ0) is 12.7. The molecule has 2 nitrogen and oxygen atoms in total. The second-order valence-corrected chi connectivity index (χ2v) is 4.66. The lowest BCUT2D eigenvalue weighted by molar-refractivity contribution is 0.410. The molecule has 1 rings (SSSR count). The average Bonchev–Trinajstić information content (AvgIpc) is 2.30. The lowest BCUT2D eigenvalue weighted by Crippen LogP contribution is -2.21. The maximum atomic E-state index is 13.6. The van der Waals surface area contributed by atoms with Crippen molar-refractivity contribution in [2.24, 2.45) is 5.92 Å². The maximum absolute atomic E-state index is 13.6. The van der Waals surface area contributed by atoms with E-state index in [2.05, 4.69) is 19.2 Å². The zero-order valence-corrected chi connectivity index (χ0v) is 10.9. The summed E-state index contributed by atoms with van der Waals surface area (Å²) in [6.45, 7) is 6.31. The van der Waals surface area contributed by atoms with Crippen LogP contribution in [0.15, 0.2) is 18.2 Å². The average molecular weight is 239 g/mol. The van der Waals surface area contributed by atoms with Crippen molar-refractivity contribution < 1.29 is 9.13 Å². The highest BCUT2D eigenvalue weighted by atomic mass is 19.1. The molecule has 1 aromatic rings. The number of aryl methyl sites for hydroxylation is 1. The fourth-order valence-electron chi connectivity index (χ4n) is 1.65. The Balaban J connectivity index is 2.32. The predicted molar refractivity (Wildman–Crippen MR) is 69.0 cm³/mol. The quantitative estimate of drug-likeness (QED) is 0.738. The highest BCUT2D eigenvalue weighted by molar-refractivity contribution is 5.28. The highest BCUT2D eigenvalue weighted by Crippen LogP contribution is 2.17. The molecule has 0 amide bonds. The van der Waals surface area contributed by atoms with Gasteiger partial charge in [0, 0.05) is 6.07 Å². The summed E-state index contributed by atoms with van der Waals surface area (Å²) in [5.74, 6) is 1.06. The molecule has 0 fully saturated rings. The maximum Gasteiger partial charge on any atom is 0.130 e. The largest absolute Gasteiger partial charge is 0.497 e. The summed E-state index contributed by atoms with van der Waals surface area (Å²) in [5, 5.41) is 3.35. The summed E-state index contributed by atoms with van der Waals surface area (Å²) in [7, 11) is 1.55. The van der Waals surface area contributed by atoms with Crippen molar-refractivity contribution in [3.8, 4) is 5.75 Å². The van der Waals surface area contributed by atoms with Gasteiger partial charge in [-0.15, -0.1) is 0 Å². The van der Waals surface area contributed by atoms with Crippen LogP contribution in [-0.4, -0.2) is 20.2 Å². The van der Waals surface area contributed by atoms with E-state index < -0.39 is 0 Å². The standard InChI is InChI=1S/C14H22FNO/c1-11(2)10-16-8-4-5-12-6-7-13(17-3)9-14(12)15/h6-7,9,11,16H,4-5,8,10H2,1-3H3. The molecule has 0 aliphatic rings. The minimum absolute atomic E-state index is 0.173. The number of methoxy groups -OCH3 is 1. The van der Waals surface area contributed by atoms with Crippen LogP contribution in [0.2, 0.25) is 0 Å². The molecular formula is C14H22FNO. The Morgan fingerprint density at radius 1 is 1.35 bits per heavy atom. The van der Waals surface area contributed by atoms with E-state index in [0.29, 0.717) is 11.7 Å². The third-order valence-corrected chi connectivity index (χ3v) is 2.61. The van der Waals surface area contributed by atoms with Crippen molar-refractivity contribution in [1.29, 1.82) is 0 Å². The molecule has 0 saturated carbocycles. The number of halogens is 1. The topological polar surface area (TPSA) is 21.3 Å². The van der Waals surface area contributed by atoms with Gasteiger partial charge >= 0.3 is 0 Å². The third-order valence-electron chi connectivity index (χ3n) is 2.61. The molecule has 0 aliphatic heterocycles. The van der Waals surface area contributed by atoms with Crippen molar-refractivity contribution >= 4 is 0 Å². The number of benzene rings is 1. The number of hydrogen-bond acceptors (Lipinski definition) is 2. The molecule has 1 N–H and O–H groups in total. The lowest BCUT2D eigenvalue weighted by atomic mass is 10.1. The van der Waals surface area contributed by atoms with Gasteiger partial charge in [0.2, 0.25) is 0 Å². The van der Waals surface area contributed by atoms with Crippen molar-refractivity contribution in [3.63, 3.8) is 0 Å². The minimum atomic E-state index is -0.173. The molecule has 3 heteroatoms. The van der Waals surface area contributed by atoms with Crippen LogP contribution in [0.1, 0.15) is 25.8 Å². The second kappa shape index (κ2) is 7.28. The molecule has 17 heavy (non-hydrogen) atoms. The van der Waals surface area contributed by atoms with Gasteiger partial charge in [-0.1, -0.05) is 19.9 Å². The molecule has 0 bridgehead atoms. The van der Waals surface area contributed by atoms with Crippen molar-refractivity contribution in [2.45, 2.75) is 26.7 Å². The third kappa shape index (κ3) is 5.18. The second-order valence-electron chi connectivity index (χ2n) is 4.66. The Hall–Kier alpha value is -1.09. The summed E-state index contributed by atoms with van der Waals surface area (Å²) in [5.41, 5.74) is 0.761. The minimum Gasteiger partial charge on any atom is -0.497 e. The molecule has 0 spiro atoms. The molecule has 0 radical (unpaired) electrons. The van der Waals surface area contributed by atoms with E-state index in [1.165, 1.54) is 6.07 Å². The van der Waals surface area contributed by atoms with Gasteiger partial charge in [-0.2, -0.15) is 0 Å². The van der Waals surface area contributed by atoms with E-state index in [9.17, 15) is 4.39 Å². The van der Waals surface area contributed by atoms with E-state index in [1.807, 2.05) is 0 Å². The smallest absolute Gasteiger partial charge is 0.130 e. The monoisotopic (exact) mass is 239 g/mol. The normalized spacial score (nSPS) is 10.9. The summed E-state index contributed by atoms with van der Waals surface area (Å²) in [4.78, 5) is 0. The van der Waals surface area contributed by atoms with E-state index in [4.69, 9.17) is 4.74 Å². The lowest BCUT2D eigenvalue weighted by Gasteiger charge is -2.08. The van der Waals surface area contributed by atoms with Crippen LogP contribution < -0.4 is 10.1 Å². The first-order valence-electron chi connectivity index (χ1n) is 6.16. The first-order chi connectivity index (χ1) is 8.13. The molecular weight excluding hydrogens is 217 g/mol. The van der Waals surface area contributed by atoms with Crippen LogP contribution in [0.4, 0.5) is 4.39 Å². The molecule has 0 unspecified atom stereocenters. The van der Waals surface area contributed by atoms with Gasteiger partial charge in [-0.25, -0.2) is 4.39 Å². The van der Waals surface area contributed by atoms with E-state index in [-0.39, 0.29) is 5.82 Å². The number of ether oxygens (including phenoxy) is 1. The van der Waals surface area contributed by atoms with E-state index >= 15 is 0 Å². The Morgan fingerprint density at radius 3 is 2.71 bits per heavy atom. The number of hydrogen-bond donors (Lipinski definition) is 1. The molecule has 96 valence electrons. The van der Waals surface area contributed by atoms with Gasteiger partial charge < -0.3 is 10.1 Å². The zero-order valence-electron chi connectivity index (χ0n) is 10.9. The van der Waals surface area contributed by atoms with Crippen LogP contribution in [0, 0.1) is 11.7 Å². The van der Waals surface area contributed by atoms with Crippen molar-refractivity contribution in [1.82, 2.24) is 5.32 Å². The van der Waals surface area contributed by atoms with E-state index in [0.717, 1.165) is 31.5 Å². The fraction of sp³-hybridized carbons (Fsp3) is 0.571. The van der Waals surface area contributed by atoms with E-state index in [1.54, 1.807) is 19.2 Å². The van der Waals surface area contributed by atoms with Gasteiger partial charge in [-0.05, 0) is 43.5 Å². The molecule has 0 aromatic heterocycles. The Bertz CT molecular complexity index is 339. The van der Waals surface area contributed by atoms with Crippen LogP contribution in [0.5, 0.6) is 5.75 Å². The SMILES string of the molecule is COc1ccc(CCCNCC(C)C)c(F)c1. The summed E-state index contributed by atoms with van der Waals surface area (Å²) in [6, 6.07) is 5.05. The predicted octanol–water partition coefficient (Wildman–Crippen LogP) is 3.01. The highest BCUT2D eigenvalue weighted by Gasteiger charge is 2.03. The fourth-order valence-corrected chi connectivity index (χ4v) is 1.65. The number of rotatable bonds is 7. The summed E-state index contributed by atoms with van der Waals surface area (Å²) < 4.78 is 18.5. The van der Waals surface area contributed by atoms with Crippen LogP contribution in [-0.2, 0) is 6.42 Å². The summed E-state index contributed by atoms with van der Waals surface area (Å²) in [6.07, 6.45) is 1.72. The van der Waals surface area contributed by atoms with Gasteiger partial charge in [-0.3, -0.25) is 0 Å². The Kier molecular flexibility index (Phi) is 5.98. The first-order valence-corrected chi connectivity index (χ1v) is 6.16. The first kappa shape index (κ1) is 14.0. The van der Waals surface area contributed by atoms with Gasteiger partial charge in [0.25, 0.3) is 0 Å². The molecule has 0 aliphatic carbocycles. The van der Waals surface area contributed by atoms with Gasteiger partial charge in [0.05, 0.1) is 7.11 Å². The Morgan fingerprint density at radius 2 is 2.12 bits per heavy atom. The number of nitrogens with one attached hydrogen (secondary N) is 1. The van der Waals surface area contributed by atoms with Crippen LogP contribution in [0.3, 0.4) is 0 Å². The van der Waals surface area contributed by atoms with Crippen LogP contribution >= 0.6 is 0 Å². The van der Waals surface area contributed by atoms with Gasteiger partial charge in [0.1, 0.15) is 11.6 Å². The summed E-state index contributed by atoms with van der Waals surface area (Å²) >= 11 is 0. The molecule has 0 heterocycles. The molecule has 0 atom stereocenters. The molecule has 1 aromatic carbocycles. The van der Waals surface area contributed by atoms with Gasteiger partial charge in [0.15, 0.2) is 0 Å². The van der Waals surface area contributed by atoms with Crippen molar-refractivity contribution in [2.75, 3.05) is 20.2 Å². The molecule has 0 saturated heterocycles. The Labute approximate surface area is 103 Å². The van der Waals surface area contributed by atoms with Crippen molar-refractivity contribution in [3.05, 3.63) is 29.6 Å². The van der Waals surface area contributed by atoms with Crippen LogP contribution in [0.25, 0.3) is 0 Å².